The van der Waals surface area contributed by atoms with E-state index in [9.17, 15) is 33.1 Å². The van der Waals surface area contributed by atoms with Crippen LogP contribution in [-0.4, -0.2) is 43.6 Å². The van der Waals surface area contributed by atoms with Gasteiger partial charge in [0.1, 0.15) is 5.39 Å². The second-order valence-corrected chi connectivity index (χ2v) is 9.72. The number of hydrogen-bond acceptors (Lipinski definition) is 5. The highest BCUT2D eigenvalue weighted by Gasteiger charge is 2.66. The average molecular weight is 515 g/mol. The summed E-state index contributed by atoms with van der Waals surface area (Å²) in [6, 6.07) is 9.07. The molecule has 2 aromatic heterocycles. The molecule has 3 unspecified atom stereocenters. The molecule has 0 bridgehead atoms. The average Bonchev–Trinajstić information content (AvgIpc) is 3.52. The molecule has 37 heavy (non-hydrogen) atoms. The zero-order chi connectivity index (χ0) is 26.5. The van der Waals surface area contributed by atoms with E-state index < -0.39 is 23.7 Å². The topological polar surface area (TPSA) is 127 Å². The van der Waals surface area contributed by atoms with Gasteiger partial charge in [0.25, 0.3) is 5.56 Å². The van der Waals surface area contributed by atoms with E-state index in [1.807, 2.05) is 0 Å². The lowest BCUT2D eigenvalue weighted by Gasteiger charge is -2.41. The van der Waals surface area contributed by atoms with Crippen molar-refractivity contribution in [3.05, 3.63) is 52.4 Å². The molecule has 1 saturated heterocycles. The second kappa shape index (κ2) is 8.83. The third-order valence-corrected chi connectivity index (χ3v) is 7.59. The van der Waals surface area contributed by atoms with Crippen molar-refractivity contribution in [1.82, 2.24) is 19.7 Å². The van der Waals surface area contributed by atoms with Gasteiger partial charge in [-0.1, -0.05) is 19.1 Å². The summed E-state index contributed by atoms with van der Waals surface area (Å²) in [6.45, 7) is 1.19. The summed E-state index contributed by atoms with van der Waals surface area (Å²) in [5, 5.41) is 26.8. The van der Waals surface area contributed by atoms with Gasteiger partial charge in [-0.05, 0) is 54.9 Å². The summed E-state index contributed by atoms with van der Waals surface area (Å²) >= 11 is 0. The molecule has 0 spiro atoms. The molecule has 3 atom stereocenters. The number of halogens is 3. The van der Waals surface area contributed by atoms with Gasteiger partial charge < -0.3 is 15.4 Å². The monoisotopic (exact) mass is 514 g/mol. The number of aromatic nitrogens is 3. The Hall–Kier alpha value is -4.01. The minimum Gasteiger partial charge on any atom is -0.465 e. The molecule has 1 aromatic carbocycles. The van der Waals surface area contributed by atoms with Crippen LogP contribution < -0.4 is 10.9 Å². The molecular weight excluding hydrogens is 489 g/mol. The number of H-pyrrole nitrogens is 1. The number of carbonyl (C=O) groups is 1. The van der Waals surface area contributed by atoms with Crippen LogP contribution in [0.25, 0.3) is 10.9 Å². The molecule has 3 heterocycles. The molecular formula is C25H25F3N6O3. The van der Waals surface area contributed by atoms with Crippen LogP contribution in [0.3, 0.4) is 0 Å². The summed E-state index contributed by atoms with van der Waals surface area (Å²) in [6.07, 6.45) is -2.68. The van der Waals surface area contributed by atoms with Crippen molar-refractivity contribution in [2.45, 2.75) is 50.4 Å². The number of nitriles is 1. The number of amides is 1. The Labute approximate surface area is 209 Å². The quantitative estimate of drug-likeness (QED) is 0.420. The predicted molar refractivity (Wildman–Crippen MR) is 128 cm³/mol. The number of nitrogens with one attached hydrogen (secondary N) is 2. The third-order valence-electron chi connectivity index (χ3n) is 7.59. The largest absolute Gasteiger partial charge is 0.465 e. The fourth-order valence-electron chi connectivity index (χ4n) is 5.67. The number of benzene rings is 1. The van der Waals surface area contributed by atoms with E-state index in [1.165, 1.54) is 37.4 Å². The Morgan fingerprint density at radius 2 is 2.00 bits per heavy atom. The van der Waals surface area contributed by atoms with Gasteiger partial charge >= 0.3 is 12.3 Å². The van der Waals surface area contributed by atoms with Crippen LogP contribution >= 0.6 is 0 Å². The zero-order valence-electron chi connectivity index (χ0n) is 19.9. The number of carboxylic acid groups (broad SMARTS) is 1. The van der Waals surface area contributed by atoms with E-state index in [0.29, 0.717) is 22.0 Å². The van der Waals surface area contributed by atoms with Gasteiger partial charge in [-0.3, -0.25) is 14.4 Å². The maximum atomic E-state index is 14.4. The maximum Gasteiger partial charge on any atom is 0.416 e. The summed E-state index contributed by atoms with van der Waals surface area (Å²) < 4.78 is 45.0. The number of alkyl halides is 3. The van der Waals surface area contributed by atoms with Crippen LogP contribution in [0.4, 0.5) is 29.5 Å². The van der Waals surface area contributed by atoms with Crippen molar-refractivity contribution < 1.29 is 23.1 Å². The van der Waals surface area contributed by atoms with Gasteiger partial charge in [0.05, 0.1) is 24.0 Å². The number of pyridine rings is 1. The first-order chi connectivity index (χ1) is 17.6. The molecule has 2 aliphatic rings. The predicted octanol–water partition coefficient (Wildman–Crippen LogP) is 5.11. The molecule has 9 nitrogen and oxygen atoms in total. The van der Waals surface area contributed by atoms with E-state index in [4.69, 9.17) is 0 Å². The van der Waals surface area contributed by atoms with E-state index >= 15 is 0 Å². The summed E-state index contributed by atoms with van der Waals surface area (Å²) in [5.41, 5.74) is -2.27. The molecule has 12 heteroatoms. The first-order valence-electron chi connectivity index (χ1n) is 12.0. The highest BCUT2D eigenvalue weighted by Crippen LogP contribution is 2.54. The van der Waals surface area contributed by atoms with Crippen molar-refractivity contribution in [2.75, 3.05) is 11.9 Å². The van der Waals surface area contributed by atoms with Crippen molar-refractivity contribution in [2.24, 2.45) is 11.8 Å². The van der Waals surface area contributed by atoms with Crippen LogP contribution in [0.2, 0.25) is 0 Å². The minimum absolute atomic E-state index is 0.0862. The molecule has 1 aliphatic carbocycles. The SMILES string of the molecule is CC1CCN(C(=O)O)C1(c1ccc(Nc2nn(C(CC#N)C3CC3)c3cc[nH]c(=O)c23)cc1)C(F)(F)F. The smallest absolute Gasteiger partial charge is 0.416 e. The molecule has 3 aromatic rings. The van der Waals surface area contributed by atoms with Crippen molar-refractivity contribution in [1.29, 1.82) is 5.26 Å². The van der Waals surface area contributed by atoms with Crippen LogP contribution in [0, 0.1) is 23.2 Å². The minimum atomic E-state index is -4.82. The maximum absolute atomic E-state index is 14.4. The Kier molecular flexibility index (Phi) is 5.89. The van der Waals surface area contributed by atoms with E-state index in [2.05, 4.69) is 21.5 Å². The number of anilines is 2. The number of nitrogens with zero attached hydrogens (tertiary/aromatic N) is 4. The molecule has 1 aliphatic heterocycles. The van der Waals surface area contributed by atoms with E-state index in [-0.39, 0.29) is 47.8 Å². The lowest BCUT2D eigenvalue weighted by molar-refractivity contribution is -0.233. The Balaban J connectivity index is 1.53. The van der Waals surface area contributed by atoms with Crippen LogP contribution in [0.5, 0.6) is 0 Å². The number of rotatable bonds is 6. The highest BCUT2D eigenvalue weighted by molar-refractivity contribution is 5.91. The van der Waals surface area contributed by atoms with Crippen LogP contribution in [0.15, 0.2) is 41.3 Å². The van der Waals surface area contributed by atoms with Gasteiger partial charge in [0.15, 0.2) is 11.4 Å². The zero-order valence-corrected chi connectivity index (χ0v) is 19.9. The number of aromatic amines is 1. The molecule has 5 rings (SSSR count). The molecule has 194 valence electrons. The second-order valence-electron chi connectivity index (χ2n) is 9.72. The van der Waals surface area contributed by atoms with Crippen molar-refractivity contribution in [3.63, 3.8) is 0 Å². The normalized spacial score (nSPS) is 22.7. The van der Waals surface area contributed by atoms with Gasteiger partial charge in [0, 0.05) is 18.4 Å². The Morgan fingerprint density at radius 3 is 2.59 bits per heavy atom. The molecule has 0 radical (unpaired) electrons. The fourth-order valence-corrected chi connectivity index (χ4v) is 5.67. The Morgan fingerprint density at radius 1 is 1.30 bits per heavy atom. The molecule has 1 amide bonds. The first-order valence-corrected chi connectivity index (χ1v) is 12.0. The Bertz CT molecular complexity index is 1440. The third kappa shape index (κ3) is 3.89. The number of fused-ring (bicyclic) bond motifs is 1. The lowest BCUT2D eigenvalue weighted by Crippen LogP contribution is -2.57. The van der Waals surface area contributed by atoms with E-state index in [0.717, 1.165) is 12.8 Å². The van der Waals surface area contributed by atoms with Crippen LogP contribution in [0.1, 0.15) is 44.2 Å². The highest BCUT2D eigenvalue weighted by atomic mass is 19.4. The molecule has 3 N–H and O–H groups in total. The summed E-state index contributed by atoms with van der Waals surface area (Å²) in [4.78, 5) is 27.5. The fraction of sp³-hybridized carbons (Fsp3) is 0.440. The number of likely N-dealkylation sites (tertiary alicyclic amines) is 1. The standard InChI is InChI=1S/C25H25F3N6O3/c1-14-10-13-33(23(36)37)24(14,25(26,27)28)16-4-6-17(7-5-16)31-21-20-19(9-12-30-22(20)35)34(32-21)18(8-11-29)15-2-3-15/h4-7,9,12,14-15,18H,2-3,8,10,13H2,1H3,(H,30,35)(H,31,32)(H,36,37). The lowest BCUT2D eigenvalue weighted by atomic mass is 9.79. The molecule has 2 fully saturated rings. The summed E-state index contributed by atoms with van der Waals surface area (Å²) in [7, 11) is 0. The number of hydrogen-bond donors (Lipinski definition) is 3. The van der Waals surface area contributed by atoms with Crippen molar-refractivity contribution >= 4 is 28.5 Å². The van der Waals surface area contributed by atoms with Gasteiger partial charge in [-0.25, -0.2) is 4.79 Å². The molecule has 1 saturated carbocycles. The van der Waals surface area contributed by atoms with Gasteiger partial charge in [0.2, 0.25) is 0 Å². The summed E-state index contributed by atoms with van der Waals surface area (Å²) in [5.74, 6) is -0.460. The van der Waals surface area contributed by atoms with E-state index in [1.54, 1.807) is 10.7 Å². The van der Waals surface area contributed by atoms with Crippen LogP contribution in [-0.2, 0) is 5.54 Å². The van der Waals surface area contributed by atoms with Crippen molar-refractivity contribution in [3.8, 4) is 6.07 Å². The first kappa shape index (κ1) is 24.7. The van der Waals surface area contributed by atoms with Gasteiger partial charge in [-0.15, -0.1) is 0 Å². The van der Waals surface area contributed by atoms with Gasteiger partial charge in [-0.2, -0.15) is 23.5 Å².